The Kier molecular flexibility index (Phi) is 7.72. The van der Waals surface area contributed by atoms with Crippen LogP contribution in [0.1, 0.15) is 0 Å². The van der Waals surface area contributed by atoms with E-state index in [0.29, 0.717) is 17.5 Å². The highest BCUT2D eigenvalue weighted by Gasteiger charge is 2.18. The zero-order valence-electron chi connectivity index (χ0n) is 27.5. The molecule has 4 aromatic heterocycles. The van der Waals surface area contributed by atoms with Crippen LogP contribution in [0.3, 0.4) is 0 Å². The molecule has 0 bridgehead atoms. The summed E-state index contributed by atoms with van der Waals surface area (Å²) in [7, 11) is 0. The second-order valence-electron chi connectivity index (χ2n) is 12.2. The molecule has 9 aromatic rings. The summed E-state index contributed by atoms with van der Waals surface area (Å²) >= 11 is 0. The van der Waals surface area contributed by atoms with Gasteiger partial charge in [0.2, 0.25) is 0 Å². The first-order valence-electron chi connectivity index (χ1n) is 16.8. The molecule has 0 atom stereocenters. The van der Waals surface area contributed by atoms with Crippen molar-refractivity contribution in [3.63, 3.8) is 0 Å². The maximum Gasteiger partial charge on any atom is 0.164 e. The lowest BCUT2D eigenvalue weighted by Crippen LogP contribution is -2.00. The van der Waals surface area contributed by atoms with Crippen molar-refractivity contribution in [1.82, 2.24) is 29.3 Å². The van der Waals surface area contributed by atoms with Crippen LogP contribution in [0.5, 0.6) is 0 Å². The van der Waals surface area contributed by atoms with Crippen LogP contribution in [0, 0.1) is 0 Å². The summed E-state index contributed by atoms with van der Waals surface area (Å²) in [5.41, 5.74) is 11.6. The minimum absolute atomic E-state index is 0.589. The van der Waals surface area contributed by atoms with E-state index >= 15 is 0 Å². The maximum absolute atomic E-state index is 5.07. The number of hydrogen-bond donors (Lipinski definition) is 0. The van der Waals surface area contributed by atoms with Crippen LogP contribution in [0.4, 0.5) is 0 Å². The molecule has 6 nitrogen and oxygen atoms in total. The van der Waals surface area contributed by atoms with Gasteiger partial charge >= 0.3 is 0 Å². The minimum atomic E-state index is 0.589. The molecule has 9 rings (SSSR count). The van der Waals surface area contributed by atoms with Gasteiger partial charge in [-0.1, -0.05) is 121 Å². The number of benzene rings is 5. The monoisotopic (exact) mass is 654 g/mol. The zero-order chi connectivity index (χ0) is 34.0. The highest BCUT2D eigenvalue weighted by atomic mass is 15.0. The number of aromatic nitrogens is 6. The number of pyridine rings is 2. The average Bonchev–Trinajstić information content (AvgIpc) is 3.62. The van der Waals surface area contributed by atoms with E-state index < -0.39 is 0 Å². The molecule has 0 amide bonds. The predicted octanol–water partition coefficient (Wildman–Crippen LogP) is 10.6. The zero-order valence-corrected chi connectivity index (χ0v) is 27.5. The lowest BCUT2D eigenvalue weighted by Gasteiger charge is -2.13. The van der Waals surface area contributed by atoms with E-state index in [-0.39, 0.29) is 0 Å². The van der Waals surface area contributed by atoms with Gasteiger partial charge in [0.05, 0.1) is 17.1 Å². The number of rotatable bonds is 7. The normalized spacial score (nSPS) is 11.1. The van der Waals surface area contributed by atoms with Crippen molar-refractivity contribution in [3.05, 3.63) is 182 Å². The number of hydrogen-bond acceptors (Lipinski definition) is 5. The molecule has 0 spiro atoms. The van der Waals surface area contributed by atoms with Crippen LogP contribution >= 0.6 is 0 Å². The first-order valence-corrected chi connectivity index (χ1v) is 16.8. The van der Waals surface area contributed by atoms with Crippen molar-refractivity contribution in [1.29, 1.82) is 0 Å². The molecule has 0 N–H and O–H groups in total. The van der Waals surface area contributed by atoms with Crippen LogP contribution in [-0.4, -0.2) is 29.3 Å². The van der Waals surface area contributed by atoms with Gasteiger partial charge in [-0.15, -0.1) is 0 Å². The van der Waals surface area contributed by atoms with Gasteiger partial charge in [-0.2, -0.15) is 0 Å². The van der Waals surface area contributed by atoms with Gasteiger partial charge in [0, 0.05) is 45.8 Å². The highest BCUT2D eigenvalue weighted by Crippen LogP contribution is 2.37. The van der Waals surface area contributed by atoms with Crippen molar-refractivity contribution in [2.75, 3.05) is 0 Å². The molecule has 0 aliphatic heterocycles. The molecule has 6 heteroatoms. The number of imidazole rings is 1. The Morgan fingerprint density at radius 1 is 0.353 bits per heavy atom. The standard InChI is InChI=1S/C45H30N6/c1-4-15-31(16-5-1)41-42(51-26-13-11-24-40(51)47-41)35-22-14-21-34(27-35)36-28-37(39-23-10-12-25-46-39)30-38(29-36)45-49-43(32-17-6-2-7-18-32)48-44(50-45)33-19-8-3-9-20-33/h1-30H. The second kappa shape index (κ2) is 13.1. The molecule has 51 heavy (non-hydrogen) atoms. The summed E-state index contributed by atoms with van der Waals surface area (Å²) in [6.45, 7) is 0. The van der Waals surface area contributed by atoms with E-state index in [2.05, 4.69) is 77.3 Å². The Labute approximate surface area is 295 Å². The molecular weight excluding hydrogens is 625 g/mol. The third-order valence-electron chi connectivity index (χ3n) is 8.90. The van der Waals surface area contributed by atoms with Gasteiger partial charge in [-0.05, 0) is 59.7 Å². The molecule has 0 aliphatic carbocycles. The summed E-state index contributed by atoms with van der Waals surface area (Å²) < 4.78 is 2.16. The van der Waals surface area contributed by atoms with Gasteiger partial charge in [0.15, 0.2) is 17.5 Å². The summed E-state index contributed by atoms with van der Waals surface area (Å²) in [6, 6.07) is 57.7. The Morgan fingerprint density at radius 2 is 0.882 bits per heavy atom. The molecule has 0 fully saturated rings. The molecule has 0 unspecified atom stereocenters. The van der Waals surface area contributed by atoms with Crippen molar-refractivity contribution in [2.45, 2.75) is 0 Å². The molecular formula is C45H30N6. The Hall–Kier alpha value is -7.05. The summed E-state index contributed by atoms with van der Waals surface area (Å²) in [4.78, 5) is 24.8. The van der Waals surface area contributed by atoms with E-state index in [1.807, 2.05) is 109 Å². The van der Waals surface area contributed by atoms with Gasteiger partial charge < -0.3 is 0 Å². The SMILES string of the molecule is c1ccc(-c2nc(-c3ccccc3)nc(-c3cc(-c4cccc(-c5c(-c6ccccc6)nc6ccccn56)c4)cc(-c4ccccn4)c3)n2)cc1. The van der Waals surface area contributed by atoms with Crippen molar-refractivity contribution >= 4 is 5.65 Å². The lowest BCUT2D eigenvalue weighted by atomic mass is 9.95. The van der Waals surface area contributed by atoms with Crippen LogP contribution < -0.4 is 0 Å². The molecule has 5 aromatic carbocycles. The van der Waals surface area contributed by atoms with Crippen LogP contribution in [-0.2, 0) is 0 Å². The van der Waals surface area contributed by atoms with Gasteiger partial charge in [-0.3, -0.25) is 9.38 Å². The predicted molar refractivity (Wildman–Crippen MR) is 204 cm³/mol. The quantitative estimate of drug-likeness (QED) is 0.171. The van der Waals surface area contributed by atoms with E-state index in [1.165, 1.54) is 0 Å². The van der Waals surface area contributed by atoms with Crippen LogP contribution in [0.25, 0.3) is 84.7 Å². The Balaban J connectivity index is 1.24. The van der Waals surface area contributed by atoms with Gasteiger partial charge in [0.25, 0.3) is 0 Å². The molecule has 0 saturated heterocycles. The van der Waals surface area contributed by atoms with Gasteiger partial charge in [-0.25, -0.2) is 19.9 Å². The van der Waals surface area contributed by atoms with E-state index in [1.54, 1.807) is 0 Å². The van der Waals surface area contributed by atoms with Crippen molar-refractivity contribution in [3.8, 4) is 79.1 Å². The van der Waals surface area contributed by atoms with E-state index in [4.69, 9.17) is 24.9 Å². The fourth-order valence-electron chi connectivity index (χ4n) is 6.46. The molecule has 4 heterocycles. The summed E-state index contributed by atoms with van der Waals surface area (Å²) in [5.74, 6) is 1.82. The molecule has 0 radical (unpaired) electrons. The largest absolute Gasteiger partial charge is 0.299 e. The molecule has 240 valence electrons. The van der Waals surface area contributed by atoms with Gasteiger partial charge in [0.1, 0.15) is 5.65 Å². The second-order valence-corrected chi connectivity index (χ2v) is 12.2. The van der Waals surface area contributed by atoms with Crippen LogP contribution in [0.15, 0.2) is 182 Å². The first kappa shape index (κ1) is 30.0. The lowest BCUT2D eigenvalue weighted by molar-refractivity contribution is 1.07. The summed E-state index contributed by atoms with van der Waals surface area (Å²) in [5, 5.41) is 0. The minimum Gasteiger partial charge on any atom is -0.299 e. The topological polar surface area (TPSA) is 68.9 Å². The fraction of sp³-hybridized carbons (Fsp3) is 0. The fourth-order valence-corrected chi connectivity index (χ4v) is 6.46. The first-order chi connectivity index (χ1) is 25.3. The maximum atomic E-state index is 5.07. The third-order valence-corrected chi connectivity index (χ3v) is 8.90. The van der Waals surface area contributed by atoms with Crippen molar-refractivity contribution in [2.24, 2.45) is 0 Å². The van der Waals surface area contributed by atoms with E-state index in [0.717, 1.165) is 67.2 Å². The Bertz CT molecular complexity index is 2560. The van der Waals surface area contributed by atoms with Crippen LogP contribution in [0.2, 0.25) is 0 Å². The number of fused-ring (bicyclic) bond motifs is 1. The highest BCUT2D eigenvalue weighted by molar-refractivity contribution is 5.86. The Morgan fingerprint density at radius 3 is 1.55 bits per heavy atom. The van der Waals surface area contributed by atoms with E-state index in [9.17, 15) is 0 Å². The summed E-state index contributed by atoms with van der Waals surface area (Å²) in [6.07, 6.45) is 3.90. The molecule has 0 saturated carbocycles. The van der Waals surface area contributed by atoms with Crippen molar-refractivity contribution < 1.29 is 0 Å². The number of nitrogens with zero attached hydrogens (tertiary/aromatic N) is 6. The average molecular weight is 655 g/mol. The third kappa shape index (κ3) is 5.96. The smallest absolute Gasteiger partial charge is 0.164 e. The molecule has 0 aliphatic rings.